The van der Waals surface area contributed by atoms with Crippen LogP contribution in [0.5, 0.6) is 0 Å². The highest BCUT2D eigenvalue weighted by molar-refractivity contribution is 8.03. The summed E-state index contributed by atoms with van der Waals surface area (Å²) >= 11 is 1.84. The van der Waals surface area contributed by atoms with Crippen LogP contribution in [0.25, 0.3) is 0 Å². The molecular weight excluding hydrogens is 368 g/mol. The number of hydrogen-bond donors (Lipinski definition) is 3. The van der Waals surface area contributed by atoms with Crippen LogP contribution in [0.15, 0.2) is 35.0 Å². The molecule has 0 saturated heterocycles. The van der Waals surface area contributed by atoms with E-state index in [0.29, 0.717) is 12.4 Å². The van der Waals surface area contributed by atoms with Crippen LogP contribution in [-0.2, 0) is 19.3 Å². The Kier molecular flexibility index (Phi) is 5.68. The third-order valence-corrected chi connectivity index (χ3v) is 6.15. The number of rotatable bonds is 6. The summed E-state index contributed by atoms with van der Waals surface area (Å²) in [5, 5.41) is 19.1. The van der Waals surface area contributed by atoms with Crippen molar-refractivity contribution in [3.05, 3.63) is 51.8 Å². The molecule has 1 aliphatic heterocycles. The predicted molar refractivity (Wildman–Crippen MR) is 114 cm³/mol. The molecule has 0 fully saturated rings. The summed E-state index contributed by atoms with van der Waals surface area (Å²) in [6.07, 6.45) is 5.78. The van der Waals surface area contributed by atoms with E-state index in [1.807, 2.05) is 36.0 Å². The van der Waals surface area contributed by atoms with Gasteiger partial charge in [0, 0.05) is 16.2 Å². The van der Waals surface area contributed by atoms with Gasteiger partial charge >= 0.3 is 0 Å². The fourth-order valence-corrected chi connectivity index (χ4v) is 4.42. The highest BCUT2D eigenvalue weighted by Gasteiger charge is 2.21. The van der Waals surface area contributed by atoms with Gasteiger partial charge in [-0.3, -0.25) is 0 Å². The summed E-state index contributed by atoms with van der Waals surface area (Å²) in [6, 6.07) is 10.0. The van der Waals surface area contributed by atoms with E-state index in [1.54, 1.807) is 0 Å². The Morgan fingerprint density at radius 2 is 1.96 bits per heavy atom. The van der Waals surface area contributed by atoms with Crippen molar-refractivity contribution in [2.24, 2.45) is 0 Å². The minimum Gasteiger partial charge on any atom is -0.362 e. The van der Waals surface area contributed by atoms with Crippen LogP contribution in [0.3, 0.4) is 0 Å². The minimum atomic E-state index is 0.420. The third-order valence-electron chi connectivity index (χ3n) is 5.02. The van der Waals surface area contributed by atoms with Gasteiger partial charge in [0.15, 0.2) is 0 Å². The van der Waals surface area contributed by atoms with Crippen LogP contribution < -0.4 is 16.0 Å². The van der Waals surface area contributed by atoms with Crippen molar-refractivity contribution >= 4 is 29.2 Å². The van der Waals surface area contributed by atoms with Crippen molar-refractivity contribution in [3.8, 4) is 6.07 Å². The van der Waals surface area contributed by atoms with Crippen molar-refractivity contribution < 1.29 is 0 Å². The molecule has 0 spiro atoms. The number of nitriles is 1. The number of nitrogens with one attached hydrogen (secondary N) is 3. The predicted octanol–water partition coefficient (Wildman–Crippen LogP) is 4.45. The van der Waals surface area contributed by atoms with E-state index in [9.17, 15) is 0 Å². The fourth-order valence-electron chi connectivity index (χ4n) is 3.56. The Bertz CT molecular complexity index is 929. The molecule has 2 heterocycles. The van der Waals surface area contributed by atoms with Crippen LogP contribution in [0, 0.1) is 11.3 Å². The molecule has 0 saturated carbocycles. The lowest BCUT2D eigenvalue weighted by Crippen LogP contribution is -2.19. The van der Waals surface area contributed by atoms with Gasteiger partial charge in [0.1, 0.15) is 11.6 Å². The number of nitrogens with zero attached hydrogens (tertiary/aromatic N) is 3. The van der Waals surface area contributed by atoms with E-state index in [1.165, 1.54) is 23.3 Å². The summed E-state index contributed by atoms with van der Waals surface area (Å²) < 4.78 is 0. The number of hydrogen-bond acceptors (Lipinski definition) is 7. The average Bonchev–Trinajstić information content (AvgIpc) is 3.17. The van der Waals surface area contributed by atoms with E-state index in [0.717, 1.165) is 53.7 Å². The van der Waals surface area contributed by atoms with Gasteiger partial charge in [0.2, 0.25) is 5.95 Å². The maximum absolute atomic E-state index is 8.82. The largest absolute Gasteiger partial charge is 0.362 e. The zero-order chi connectivity index (χ0) is 19.3. The Morgan fingerprint density at radius 1 is 1.14 bits per heavy atom. The molecule has 0 radical (unpaired) electrons. The summed E-state index contributed by atoms with van der Waals surface area (Å²) in [4.78, 5) is 10.9. The molecule has 144 valence electrons. The first-order chi connectivity index (χ1) is 13.8. The Labute approximate surface area is 169 Å². The first-order valence-electron chi connectivity index (χ1n) is 9.76. The molecule has 3 N–H and O–H groups in total. The molecule has 2 aliphatic rings. The van der Waals surface area contributed by atoms with Crippen LogP contribution in [0.4, 0.5) is 17.5 Å². The van der Waals surface area contributed by atoms with Gasteiger partial charge in [-0.25, -0.2) is 4.98 Å². The van der Waals surface area contributed by atoms with Crippen molar-refractivity contribution in [1.29, 1.82) is 5.26 Å². The second kappa shape index (κ2) is 8.53. The standard InChI is InChI=1S/C21H24N6S/c1-2-18-20(23-13-28-18)26-19-16-5-3-4-6-17(16)25-21(27-19)24-15-9-7-14(8-10-15)11-12-22/h7-10,23H,2-6,11,13H2,1H3,(H2,24,25,26,27). The molecule has 0 amide bonds. The quantitative estimate of drug-likeness (QED) is 0.669. The molecule has 4 rings (SSSR count). The molecule has 2 aromatic rings. The van der Waals surface area contributed by atoms with Gasteiger partial charge in [-0.15, -0.1) is 11.8 Å². The Morgan fingerprint density at radius 3 is 2.75 bits per heavy atom. The number of aryl methyl sites for hydroxylation is 1. The fraction of sp³-hybridized carbons (Fsp3) is 0.381. The maximum Gasteiger partial charge on any atom is 0.229 e. The average molecular weight is 393 g/mol. The topological polar surface area (TPSA) is 85.7 Å². The van der Waals surface area contributed by atoms with Gasteiger partial charge in [-0.2, -0.15) is 10.2 Å². The number of aromatic nitrogens is 2. The molecule has 1 aromatic carbocycles. The molecule has 28 heavy (non-hydrogen) atoms. The maximum atomic E-state index is 8.82. The van der Waals surface area contributed by atoms with E-state index in [-0.39, 0.29) is 0 Å². The van der Waals surface area contributed by atoms with Crippen LogP contribution in [-0.4, -0.2) is 15.8 Å². The number of allylic oxidation sites excluding steroid dienone is 1. The van der Waals surface area contributed by atoms with E-state index in [4.69, 9.17) is 15.2 Å². The van der Waals surface area contributed by atoms with Gasteiger partial charge in [-0.1, -0.05) is 19.1 Å². The Hall–Kier alpha value is -2.72. The van der Waals surface area contributed by atoms with Gasteiger partial charge in [-0.05, 0) is 49.8 Å². The number of anilines is 3. The zero-order valence-corrected chi connectivity index (χ0v) is 16.8. The molecule has 6 nitrogen and oxygen atoms in total. The molecule has 1 aromatic heterocycles. The molecule has 0 unspecified atom stereocenters. The van der Waals surface area contributed by atoms with Crippen LogP contribution >= 0.6 is 11.8 Å². The lowest BCUT2D eigenvalue weighted by molar-refractivity contribution is 0.665. The second-order valence-electron chi connectivity index (χ2n) is 6.93. The van der Waals surface area contributed by atoms with Crippen molar-refractivity contribution in [2.45, 2.75) is 45.4 Å². The van der Waals surface area contributed by atoms with Crippen molar-refractivity contribution in [1.82, 2.24) is 15.3 Å². The number of fused-ring (bicyclic) bond motifs is 1. The molecule has 7 heteroatoms. The Balaban J connectivity index is 1.62. The summed E-state index contributed by atoms with van der Waals surface area (Å²) in [5.41, 5.74) is 4.30. The minimum absolute atomic E-state index is 0.420. The van der Waals surface area contributed by atoms with Crippen molar-refractivity contribution in [3.63, 3.8) is 0 Å². The zero-order valence-electron chi connectivity index (χ0n) is 16.0. The van der Waals surface area contributed by atoms with Gasteiger partial charge in [0.05, 0.1) is 24.1 Å². The SMILES string of the molecule is CCC1=C(Nc2nc(Nc3ccc(CC#N)cc3)nc3c2CCCC3)NCS1. The normalized spacial score (nSPS) is 15.6. The number of thioether (sulfide) groups is 1. The van der Waals surface area contributed by atoms with Crippen LogP contribution in [0.1, 0.15) is 43.0 Å². The van der Waals surface area contributed by atoms with Crippen LogP contribution in [0.2, 0.25) is 0 Å². The number of benzene rings is 1. The highest BCUT2D eigenvalue weighted by Crippen LogP contribution is 2.32. The summed E-state index contributed by atoms with van der Waals surface area (Å²) in [7, 11) is 0. The monoisotopic (exact) mass is 392 g/mol. The molecule has 1 aliphatic carbocycles. The molecule has 0 bridgehead atoms. The first-order valence-corrected chi connectivity index (χ1v) is 10.7. The van der Waals surface area contributed by atoms with Gasteiger partial charge in [0.25, 0.3) is 0 Å². The first kappa shape index (κ1) is 18.6. The molecule has 0 atom stereocenters. The van der Waals surface area contributed by atoms with Crippen molar-refractivity contribution in [2.75, 3.05) is 16.5 Å². The highest BCUT2D eigenvalue weighted by atomic mass is 32.2. The van der Waals surface area contributed by atoms with E-state index < -0.39 is 0 Å². The second-order valence-corrected chi connectivity index (χ2v) is 8.00. The smallest absolute Gasteiger partial charge is 0.229 e. The summed E-state index contributed by atoms with van der Waals surface area (Å²) in [6.45, 7) is 2.18. The lowest BCUT2D eigenvalue weighted by Gasteiger charge is -2.21. The third kappa shape index (κ3) is 4.07. The van der Waals surface area contributed by atoms with E-state index >= 15 is 0 Å². The van der Waals surface area contributed by atoms with E-state index in [2.05, 4.69) is 28.9 Å². The van der Waals surface area contributed by atoms with Gasteiger partial charge < -0.3 is 16.0 Å². The lowest BCUT2D eigenvalue weighted by atomic mass is 9.96. The molecular formula is C21H24N6S. The summed E-state index contributed by atoms with van der Waals surface area (Å²) in [5.74, 6) is 3.49.